The fourth-order valence-corrected chi connectivity index (χ4v) is 3.23. The first kappa shape index (κ1) is 15.2. The van der Waals surface area contributed by atoms with E-state index in [1.165, 1.54) is 32.1 Å². The van der Waals surface area contributed by atoms with Crippen LogP contribution in [0.25, 0.3) is 0 Å². The summed E-state index contributed by atoms with van der Waals surface area (Å²) in [5, 5.41) is 0.770. The van der Waals surface area contributed by atoms with Gasteiger partial charge in [0.05, 0.1) is 0 Å². The van der Waals surface area contributed by atoms with Crippen LogP contribution in [-0.4, -0.2) is 0 Å². The third kappa shape index (κ3) is 4.15. The average Bonchev–Trinajstić information content (AvgIpc) is 2.49. The zero-order chi connectivity index (χ0) is 14.4. The summed E-state index contributed by atoms with van der Waals surface area (Å²) in [6.45, 7) is 6.23. The van der Waals surface area contributed by atoms with Crippen LogP contribution in [0.4, 0.5) is 0 Å². The van der Waals surface area contributed by atoms with Gasteiger partial charge in [-0.15, -0.1) is 6.58 Å². The first-order chi connectivity index (χ1) is 9.72. The van der Waals surface area contributed by atoms with E-state index in [0.29, 0.717) is 11.8 Å². The lowest BCUT2D eigenvalue weighted by Crippen LogP contribution is -2.19. The summed E-state index contributed by atoms with van der Waals surface area (Å²) in [7, 11) is 0. The van der Waals surface area contributed by atoms with Crippen molar-refractivity contribution in [3.05, 3.63) is 47.5 Å². The predicted octanol–water partition coefficient (Wildman–Crippen LogP) is 5.71. The minimum absolute atomic E-state index is 0.559. The Morgan fingerprint density at radius 2 is 1.90 bits per heavy atom. The van der Waals surface area contributed by atoms with E-state index in [9.17, 15) is 0 Å². The Kier molecular flexibility index (Phi) is 5.74. The second-order valence-corrected chi connectivity index (χ2v) is 6.13. The van der Waals surface area contributed by atoms with Crippen molar-refractivity contribution in [2.24, 2.45) is 17.8 Å². The van der Waals surface area contributed by atoms with Crippen LogP contribution in [-0.2, 0) is 0 Å². The van der Waals surface area contributed by atoms with Gasteiger partial charge in [-0.1, -0.05) is 36.4 Å². The largest absolute Gasteiger partial charge is 0.103 e. The number of rotatable bonds is 3. The molecule has 0 amide bonds. The quantitative estimate of drug-likeness (QED) is 0.493. The zero-order valence-electron chi connectivity index (χ0n) is 12.2. The Hall–Kier alpha value is -1.19. The molecule has 1 fully saturated rings. The molecule has 1 aliphatic rings. The van der Waals surface area contributed by atoms with Crippen LogP contribution >= 0.6 is 11.6 Å². The van der Waals surface area contributed by atoms with Crippen molar-refractivity contribution < 1.29 is 0 Å². The van der Waals surface area contributed by atoms with Crippen molar-refractivity contribution in [2.75, 3.05) is 0 Å². The van der Waals surface area contributed by atoms with Gasteiger partial charge < -0.3 is 0 Å². The number of hydrogen-bond acceptors (Lipinski definition) is 0. The summed E-state index contributed by atoms with van der Waals surface area (Å²) in [5.41, 5.74) is 1.06. The van der Waals surface area contributed by atoms with E-state index < -0.39 is 0 Å². The van der Waals surface area contributed by atoms with Gasteiger partial charge in [0, 0.05) is 16.5 Å². The number of halogens is 1. The molecule has 1 aromatic carbocycles. The summed E-state index contributed by atoms with van der Waals surface area (Å²) in [6, 6.07) is 7.79. The summed E-state index contributed by atoms with van der Waals surface area (Å²) >= 11 is 5.88. The molecule has 1 atom stereocenters. The van der Waals surface area contributed by atoms with Crippen LogP contribution < -0.4 is 0 Å². The van der Waals surface area contributed by atoms with Gasteiger partial charge in [-0.2, -0.15) is 0 Å². The highest BCUT2D eigenvalue weighted by atomic mass is 35.5. The lowest BCUT2D eigenvalue weighted by atomic mass is 9.75. The Bertz CT molecular complexity index is 481. The molecule has 0 aliphatic heterocycles. The number of hydrogen-bond donors (Lipinski definition) is 0. The first-order valence-corrected chi connectivity index (χ1v) is 8.00. The first-order valence-electron chi connectivity index (χ1n) is 7.62. The van der Waals surface area contributed by atoms with Crippen LogP contribution in [0.3, 0.4) is 0 Å². The van der Waals surface area contributed by atoms with E-state index in [0.717, 1.165) is 16.5 Å². The molecule has 106 valence electrons. The van der Waals surface area contributed by atoms with Crippen LogP contribution in [0.2, 0.25) is 5.02 Å². The maximum Gasteiger partial charge on any atom is 0.0406 e. The van der Waals surface area contributed by atoms with Crippen LogP contribution in [0, 0.1) is 29.6 Å². The van der Waals surface area contributed by atoms with E-state index in [1.54, 1.807) is 0 Å². The van der Waals surface area contributed by atoms with Gasteiger partial charge in [0.15, 0.2) is 0 Å². The molecule has 0 nitrogen and oxygen atoms in total. The van der Waals surface area contributed by atoms with Gasteiger partial charge in [-0.05, 0) is 68.2 Å². The van der Waals surface area contributed by atoms with Gasteiger partial charge in [-0.3, -0.25) is 0 Å². The minimum atomic E-state index is 0.559. The highest BCUT2D eigenvalue weighted by Crippen LogP contribution is 2.35. The number of allylic oxidation sites excluding steroid dienone is 1. The Balaban J connectivity index is 1.89. The average molecular weight is 287 g/mol. The van der Waals surface area contributed by atoms with Crippen LogP contribution in [0.1, 0.15) is 44.6 Å². The molecule has 0 bridgehead atoms. The summed E-state index contributed by atoms with van der Waals surface area (Å²) in [6.07, 6.45) is 8.42. The van der Waals surface area contributed by atoms with Crippen molar-refractivity contribution in [1.29, 1.82) is 0 Å². The van der Waals surface area contributed by atoms with Crippen molar-refractivity contribution in [3.63, 3.8) is 0 Å². The van der Waals surface area contributed by atoms with Crippen molar-refractivity contribution in [2.45, 2.75) is 39.0 Å². The molecule has 2 rings (SSSR count). The van der Waals surface area contributed by atoms with E-state index in [4.69, 9.17) is 11.6 Å². The van der Waals surface area contributed by atoms with Crippen molar-refractivity contribution in [1.82, 2.24) is 0 Å². The Labute approximate surface area is 128 Å². The van der Waals surface area contributed by atoms with E-state index in [-0.39, 0.29) is 0 Å². The Morgan fingerprint density at radius 1 is 1.25 bits per heavy atom. The second-order valence-electron chi connectivity index (χ2n) is 5.70. The summed E-state index contributed by atoms with van der Waals surface area (Å²) in [4.78, 5) is 0. The van der Waals surface area contributed by atoms with Gasteiger partial charge in [0.2, 0.25) is 0 Å². The maximum atomic E-state index is 5.88. The Morgan fingerprint density at radius 3 is 2.45 bits per heavy atom. The normalized spacial score (nSPS) is 23.5. The molecular weight excluding hydrogens is 264 g/mol. The lowest BCUT2D eigenvalue weighted by molar-refractivity contribution is 0.254. The summed E-state index contributed by atoms with van der Waals surface area (Å²) in [5.74, 6) is 8.80. The standard InChI is InChI=1S/C19H23Cl/c1-3-17(4-2)18-11-7-15(8-12-18)5-6-16-9-13-19(20)14-10-16/h3,9-10,13-15,17-18H,1,4,7-8,11-12H2,2H3/t15-,17?,18-. The topological polar surface area (TPSA) is 0 Å². The van der Waals surface area contributed by atoms with Crippen molar-refractivity contribution >= 4 is 11.6 Å². The zero-order valence-corrected chi connectivity index (χ0v) is 13.0. The maximum absolute atomic E-state index is 5.88. The molecule has 1 saturated carbocycles. The fraction of sp³-hybridized carbons (Fsp3) is 0.474. The third-order valence-electron chi connectivity index (χ3n) is 4.42. The highest BCUT2D eigenvalue weighted by molar-refractivity contribution is 6.30. The molecule has 1 heteroatoms. The molecule has 0 spiro atoms. The molecular formula is C19H23Cl. The molecule has 0 radical (unpaired) electrons. The van der Waals surface area contributed by atoms with Crippen molar-refractivity contribution in [3.8, 4) is 11.8 Å². The third-order valence-corrected chi connectivity index (χ3v) is 4.67. The molecule has 1 aliphatic carbocycles. The van der Waals surface area contributed by atoms with E-state index in [2.05, 4.69) is 31.4 Å². The molecule has 20 heavy (non-hydrogen) atoms. The van der Waals surface area contributed by atoms with Gasteiger partial charge >= 0.3 is 0 Å². The number of benzene rings is 1. The summed E-state index contributed by atoms with van der Waals surface area (Å²) < 4.78 is 0. The molecule has 0 saturated heterocycles. The SMILES string of the molecule is C=CC(CC)[C@H]1CC[C@H](C#Cc2ccc(Cl)cc2)CC1. The highest BCUT2D eigenvalue weighted by Gasteiger charge is 2.24. The molecule has 1 aromatic rings. The van der Waals surface area contributed by atoms with Gasteiger partial charge in [-0.25, -0.2) is 0 Å². The van der Waals surface area contributed by atoms with E-state index >= 15 is 0 Å². The molecule has 0 aromatic heterocycles. The van der Waals surface area contributed by atoms with Crippen LogP contribution in [0.15, 0.2) is 36.9 Å². The van der Waals surface area contributed by atoms with Crippen LogP contribution in [0.5, 0.6) is 0 Å². The fourth-order valence-electron chi connectivity index (χ4n) is 3.10. The second kappa shape index (κ2) is 7.55. The monoisotopic (exact) mass is 286 g/mol. The van der Waals surface area contributed by atoms with Gasteiger partial charge in [0.25, 0.3) is 0 Å². The predicted molar refractivity (Wildman–Crippen MR) is 87.8 cm³/mol. The van der Waals surface area contributed by atoms with E-state index in [1.807, 2.05) is 24.3 Å². The lowest BCUT2D eigenvalue weighted by Gasteiger charge is -2.30. The molecule has 0 N–H and O–H groups in total. The molecule has 0 heterocycles. The molecule has 1 unspecified atom stereocenters. The smallest absolute Gasteiger partial charge is 0.0406 e. The van der Waals surface area contributed by atoms with Gasteiger partial charge in [0.1, 0.15) is 0 Å². The minimum Gasteiger partial charge on any atom is -0.103 e.